The standard InChI is InChI=1S/C21H36N4O2.HI/c1-4-27-15-8-5-12-23-21(22-2)24-17-20(25-13-6-7-14-25)18-10-9-11-19(16-18)26-3;/h9-11,16,20H,4-8,12-15,17H2,1-3H3,(H2,22,23,24);1H. The Morgan fingerprint density at radius 1 is 1.21 bits per heavy atom. The van der Waals surface area contributed by atoms with E-state index < -0.39 is 0 Å². The van der Waals surface area contributed by atoms with Gasteiger partial charge in [-0.1, -0.05) is 12.1 Å². The first-order valence-electron chi connectivity index (χ1n) is 10.2. The summed E-state index contributed by atoms with van der Waals surface area (Å²) in [4.78, 5) is 6.92. The summed E-state index contributed by atoms with van der Waals surface area (Å²) < 4.78 is 10.8. The normalized spacial score (nSPS) is 15.8. The zero-order valence-electron chi connectivity index (χ0n) is 17.6. The number of unbranched alkanes of at least 4 members (excludes halogenated alkanes) is 1. The Kier molecular flexibility index (Phi) is 13.3. The first-order chi connectivity index (χ1) is 13.3. The molecule has 1 unspecified atom stereocenters. The number of nitrogens with zero attached hydrogens (tertiary/aromatic N) is 2. The maximum absolute atomic E-state index is 5.42. The summed E-state index contributed by atoms with van der Waals surface area (Å²) in [7, 11) is 3.55. The molecule has 1 aliphatic heterocycles. The number of aliphatic imine (C=N–C) groups is 1. The van der Waals surface area contributed by atoms with Gasteiger partial charge in [0.25, 0.3) is 0 Å². The summed E-state index contributed by atoms with van der Waals surface area (Å²) >= 11 is 0. The van der Waals surface area contributed by atoms with E-state index in [2.05, 4.69) is 38.7 Å². The Morgan fingerprint density at radius 3 is 2.68 bits per heavy atom. The molecule has 1 aliphatic rings. The maximum atomic E-state index is 5.42. The van der Waals surface area contributed by atoms with Crippen LogP contribution in [0.15, 0.2) is 29.3 Å². The fraction of sp³-hybridized carbons (Fsp3) is 0.667. The smallest absolute Gasteiger partial charge is 0.191 e. The summed E-state index contributed by atoms with van der Waals surface area (Å²) in [6, 6.07) is 8.73. The molecule has 1 aromatic rings. The fourth-order valence-electron chi connectivity index (χ4n) is 3.45. The van der Waals surface area contributed by atoms with Gasteiger partial charge in [0.05, 0.1) is 13.2 Å². The molecule has 1 fully saturated rings. The molecule has 6 nitrogen and oxygen atoms in total. The summed E-state index contributed by atoms with van der Waals surface area (Å²) in [5.74, 6) is 1.77. The number of benzene rings is 1. The van der Waals surface area contributed by atoms with Crippen molar-refractivity contribution < 1.29 is 9.47 Å². The molecular formula is C21H37IN4O2. The van der Waals surface area contributed by atoms with Gasteiger partial charge >= 0.3 is 0 Å². The average Bonchev–Trinajstić information content (AvgIpc) is 3.23. The molecule has 0 bridgehead atoms. The highest BCUT2D eigenvalue weighted by atomic mass is 127. The minimum atomic E-state index is 0. The highest BCUT2D eigenvalue weighted by Crippen LogP contribution is 2.27. The van der Waals surface area contributed by atoms with Crippen LogP contribution in [0.25, 0.3) is 0 Å². The lowest BCUT2D eigenvalue weighted by atomic mass is 10.1. The van der Waals surface area contributed by atoms with Crippen molar-refractivity contribution in [1.82, 2.24) is 15.5 Å². The fourth-order valence-corrected chi connectivity index (χ4v) is 3.45. The van der Waals surface area contributed by atoms with Crippen molar-refractivity contribution in [2.45, 2.75) is 38.6 Å². The molecule has 1 saturated heterocycles. The third-order valence-electron chi connectivity index (χ3n) is 4.96. The molecule has 2 N–H and O–H groups in total. The van der Waals surface area contributed by atoms with E-state index in [1.54, 1.807) is 7.11 Å². The molecule has 0 radical (unpaired) electrons. The number of nitrogens with one attached hydrogen (secondary N) is 2. The molecule has 160 valence electrons. The van der Waals surface area contributed by atoms with Crippen molar-refractivity contribution in [3.8, 4) is 5.75 Å². The molecule has 0 aliphatic carbocycles. The maximum Gasteiger partial charge on any atom is 0.191 e. The van der Waals surface area contributed by atoms with Crippen LogP contribution in [-0.4, -0.2) is 64.4 Å². The van der Waals surface area contributed by atoms with Crippen LogP contribution in [0.1, 0.15) is 44.2 Å². The van der Waals surface area contributed by atoms with Gasteiger partial charge in [0.2, 0.25) is 0 Å². The van der Waals surface area contributed by atoms with Gasteiger partial charge in [-0.2, -0.15) is 0 Å². The zero-order valence-corrected chi connectivity index (χ0v) is 19.9. The van der Waals surface area contributed by atoms with Crippen molar-refractivity contribution >= 4 is 29.9 Å². The minimum absolute atomic E-state index is 0. The van der Waals surface area contributed by atoms with E-state index in [9.17, 15) is 0 Å². The second-order valence-corrected chi connectivity index (χ2v) is 6.82. The van der Waals surface area contributed by atoms with Crippen LogP contribution in [0, 0.1) is 0 Å². The van der Waals surface area contributed by atoms with E-state index in [0.29, 0.717) is 6.04 Å². The van der Waals surface area contributed by atoms with Crippen LogP contribution in [0.3, 0.4) is 0 Å². The summed E-state index contributed by atoms with van der Waals surface area (Å²) in [5.41, 5.74) is 1.29. The van der Waals surface area contributed by atoms with Gasteiger partial charge in [-0.15, -0.1) is 24.0 Å². The topological polar surface area (TPSA) is 58.1 Å². The second-order valence-electron chi connectivity index (χ2n) is 6.82. The number of ether oxygens (including phenoxy) is 2. The first-order valence-corrected chi connectivity index (χ1v) is 10.2. The molecule has 0 spiro atoms. The van der Waals surface area contributed by atoms with Crippen molar-refractivity contribution in [1.29, 1.82) is 0 Å². The van der Waals surface area contributed by atoms with Gasteiger partial charge < -0.3 is 20.1 Å². The van der Waals surface area contributed by atoms with E-state index in [-0.39, 0.29) is 24.0 Å². The minimum Gasteiger partial charge on any atom is -0.497 e. The van der Waals surface area contributed by atoms with Crippen LogP contribution in [0.4, 0.5) is 0 Å². The number of guanidine groups is 1. The van der Waals surface area contributed by atoms with Crippen LogP contribution in [0.5, 0.6) is 5.75 Å². The Balaban J connectivity index is 0.00000392. The predicted molar refractivity (Wildman–Crippen MR) is 127 cm³/mol. The molecule has 1 heterocycles. The van der Waals surface area contributed by atoms with Crippen molar-refractivity contribution in [2.24, 2.45) is 4.99 Å². The van der Waals surface area contributed by atoms with Crippen LogP contribution in [-0.2, 0) is 4.74 Å². The lowest BCUT2D eigenvalue weighted by Crippen LogP contribution is -2.43. The Hall–Kier alpha value is -1.06. The summed E-state index contributed by atoms with van der Waals surface area (Å²) in [5, 5.41) is 6.92. The van der Waals surface area contributed by atoms with Crippen molar-refractivity contribution in [2.75, 3.05) is 53.6 Å². The van der Waals surface area contributed by atoms with Gasteiger partial charge in [0.15, 0.2) is 5.96 Å². The molecular weight excluding hydrogens is 467 g/mol. The van der Waals surface area contributed by atoms with Crippen LogP contribution in [0.2, 0.25) is 0 Å². The number of halogens is 1. The lowest BCUT2D eigenvalue weighted by Gasteiger charge is -2.29. The van der Waals surface area contributed by atoms with E-state index >= 15 is 0 Å². The number of methoxy groups -OCH3 is 1. The number of rotatable bonds is 11. The Labute approximate surface area is 187 Å². The highest BCUT2D eigenvalue weighted by molar-refractivity contribution is 14.0. The monoisotopic (exact) mass is 504 g/mol. The van der Waals surface area contributed by atoms with Crippen LogP contribution < -0.4 is 15.4 Å². The van der Waals surface area contributed by atoms with Crippen molar-refractivity contribution in [3.05, 3.63) is 29.8 Å². The zero-order chi connectivity index (χ0) is 19.3. The van der Waals surface area contributed by atoms with E-state index in [1.165, 1.54) is 18.4 Å². The number of hydrogen-bond acceptors (Lipinski definition) is 4. The first kappa shape index (κ1) is 25.0. The highest BCUT2D eigenvalue weighted by Gasteiger charge is 2.24. The third kappa shape index (κ3) is 8.53. The quantitative estimate of drug-likeness (QED) is 0.209. The SMILES string of the molecule is CCOCCCCNC(=NC)NCC(c1cccc(OC)c1)N1CCCC1.I. The number of hydrogen-bond donors (Lipinski definition) is 2. The molecule has 0 saturated carbocycles. The van der Waals surface area contributed by atoms with Gasteiger partial charge in [-0.3, -0.25) is 9.89 Å². The molecule has 1 aromatic carbocycles. The third-order valence-corrected chi connectivity index (χ3v) is 4.96. The van der Waals surface area contributed by atoms with Gasteiger partial charge in [0.1, 0.15) is 5.75 Å². The van der Waals surface area contributed by atoms with E-state index in [0.717, 1.165) is 63.9 Å². The summed E-state index contributed by atoms with van der Waals surface area (Å²) in [6.45, 7) is 7.67. The van der Waals surface area contributed by atoms with Gasteiger partial charge in [0, 0.05) is 33.4 Å². The Morgan fingerprint density at radius 2 is 2.00 bits per heavy atom. The van der Waals surface area contributed by atoms with E-state index in [1.807, 2.05) is 20.0 Å². The number of likely N-dealkylation sites (tertiary alicyclic amines) is 1. The molecule has 1 atom stereocenters. The lowest BCUT2D eigenvalue weighted by molar-refractivity contribution is 0.143. The summed E-state index contributed by atoms with van der Waals surface area (Å²) in [6.07, 6.45) is 4.69. The molecule has 7 heteroatoms. The molecule has 0 aromatic heterocycles. The molecule has 0 amide bonds. The molecule has 2 rings (SSSR count). The van der Waals surface area contributed by atoms with Gasteiger partial charge in [-0.25, -0.2) is 0 Å². The van der Waals surface area contributed by atoms with Crippen LogP contribution >= 0.6 is 24.0 Å². The largest absolute Gasteiger partial charge is 0.497 e. The predicted octanol–water partition coefficient (Wildman–Crippen LogP) is 3.43. The molecule has 28 heavy (non-hydrogen) atoms. The van der Waals surface area contributed by atoms with E-state index in [4.69, 9.17) is 9.47 Å². The Bertz CT molecular complexity index is 565. The second kappa shape index (κ2) is 14.9. The van der Waals surface area contributed by atoms with Crippen molar-refractivity contribution in [3.63, 3.8) is 0 Å². The average molecular weight is 504 g/mol. The van der Waals surface area contributed by atoms with Gasteiger partial charge in [-0.05, 0) is 63.4 Å².